The van der Waals surface area contributed by atoms with Crippen molar-refractivity contribution in [1.82, 2.24) is 0 Å². The van der Waals surface area contributed by atoms with E-state index < -0.39 is 92.2 Å². The lowest BCUT2D eigenvalue weighted by Crippen LogP contribution is -2.68. The summed E-state index contributed by atoms with van der Waals surface area (Å²) < 4.78 is 22.5. The van der Waals surface area contributed by atoms with Gasteiger partial charge in [0.15, 0.2) is 12.6 Å². The minimum atomic E-state index is -1.51. The van der Waals surface area contributed by atoms with Crippen molar-refractivity contribution in [3.05, 3.63) is 0 Å². The largest absolute Gasteiger partial charge is 0.394 e. The van der Waals surface area contributed by atoms with Crippen molar-refractivity contribution in [3.8, 4) is 0 Å². The van der Waals surface area contributed by atoms with Gasteiger partial charge in [0, 0.05) is 18.6 Å². The van der Waals surface area contributed by atoms with E-state index >= 15 is 0 Å². The van der Waals surface area contributed by atoms with E-state index in [4.69, 9.17) is 41.9 Å². The van der Waals surface area contributed by atoms with Crippen LogP contribution in [-0.2, 0) is 18.9 Å². The molecule has 3 fully saturated rings. The SMILES string of the molecule is NC[C@@H]1O[C@H](O[C@H]2[C@@H](O[C@@H]3O[C@H](CO)[C@H](O)[C@@H]3O)[C@@H](O)[C@@H](N)C[C@H]2N)[C@H](N)[C@@H](O)[C@H]1O. The summed E-state index contributed by atoms with van der Waals surface area (Å²) in [6, 6.07) is -2.72. The minimum absolute atomic E-state index is 0.114. The number of ether oxygens (including phenoxy) is 4. The molecule has 31 heavy (non-hydrogen) atoms. The zero-order valence-electron chi connectivity index (χ0n) is 16.8. The smallest absolute Gasteiger partial charge is 0.187 e. The van der Waals surface area contributed by atoms with Crippen LogP contribution < -0.4 is 22.9 Å². The number of nitrogens with two attached hydrogens (primary N) is 4. The average molecular weight is 454 g/mol. The average Bonchev–Trinajstić information content (AvgIpc) is 3.02. The molecule has 0 amide bonds. The molecule has 0 aromatic rings. The summed E-state index contributed by atoms with van der Waals surface area (Å²) in [5, 5.41) is 60.2. The predicted octanol–water partition coefficient (Wildman–Crippen LogP) is -6.65. The zero-order valence-corrected chi connectivity index (χ0v) is 16.8. The first-order valence-corrected chi connectivity index (χ1v) is 10.2. The van der Waals surface area contributed by atoms with Gasteiger partial charge in [-0.15, -0.1) is 0 Å². The van der Waals surface area contributed by atoms with Crippen LogP contribution in [0.4, 0.5) is 0 Å². The van der Waals surface area contributed by atoms with Crippen molar-refractivity contribution < 1.29 is 49.6 Å². The van der Waals surface area contributed by atoms with Gasteiger partial charge in [-0.05, 0) is 6.42 Å². The van der Waals surface area contributed by atoms with E-state index in [0.29, 0.717) is 0 Å². The van der Waals surface area contributed by atoms with Gasteiger partial charge in [-0.3, -0.25) is 0 Å². The fourth-order valence-corrected chi connectivity index (χ4v) is 4.16. The summed E-state index contributed by atoms with van der Waals surface area (Å²) in [5.74, 6) is 0. The topological polar surface area (TPSA) is 262 Å². The standard InChI is InChI=1S/C17H34N4O10/c18-2-6-10(24)12(26)8(21)16(28-6)30-14-5(20)1-4(19)9(23)15(14)31-17-13(27)11(25)7(3-22)29-17/h4-17,22-27H,1-3,18-21H2/t4-,5+,6-,7+,8+,9-,10-,11-,12+,13-,14+,15-,16+,17-/m0/s1. The molecule has 0 aromatic carbocycles. The van der Waals surface area contributed by atoms with Crippen molar-refractivity contribution in [1.29, 1.82) is 0 Å². The van der Waals surface area contributed by atoms with Gasteiger partial charge in [0.05, 0.1) is 18.8 Å². The maximum Gasteiger partial charge on any atom is 0.187 e. The Morgan fingerprint density at radius 1 is 0.710 bits per heavy atom. The lowest BCUT2D eigenvalue weighted by Gasteiger charge is -2.47. The molecule has 2 aliphatic heterocycles. The van der Waals surface area contributed by atoms with Crippen molar-refractivity contribution in [2.24, 2.45) is 22.9 Å². The number of rotatable bonds is 6. The van der Waals surface area contributed by atoms with Gasteiger partial charge in [0.25, 0.3) is 0 Å². The highest BCUT2D eigenvalue weighted by Crippen LogP contribution is 2.31. The summed E-state index contributed by atoms with van der Waals surface area (Å²) in [6.45, 7) is -0.673. The van der Waals surface area contributed by atoms with Gasteiger partial charge in [-0.2, -0.15) is 0 Å². The molecule has 14 N–H and O–H groups in total. The van der Waals surface area contributed by atoms with E-state index in [2.05, 4.69) is 0 Å². The van der Waals surface area contributed by atoms with Crippen molar-refractivity contribution in [2.45, 2.75) is 92.1 Å². The molecule has 3 aliphatic rings. The van der Waals surface area contributed by atoms with E-state index in [1.165, 1.54) is 0 Å². The molecule has 1 aliphatic carbocycles. The monoisotopic (exact) mass is 454 g/mol. The fourth-order valence-electron chi connectivity index (χ4n) is 4.16. The second-order valence-electron chi connectivity index (χ2n) is 8.30. The molecule has 3 rings (SSSR count). The third-order valence-electron chi connectivity index (χ3n) is 6.13. The molecule has 0 unspecified atom stereocenters. The van der Waals surface area contributed by atoms with E-state index in [0.717, 1.165) is 0 Å². The second-order valence-corrected chi connectivity index (χ2v) is 8.30. The second kappa shape index (κ2) is 10.1. The van der Waals surface area contributed by atoms with Gasteiger partial charge < -0.3 is 72.5 Å². The summed E-state index contributed by atoms with van der Waals surface area (Å²) in [5.41, 5.74) is 23.6. The fraction of sp³-hybridized carbons (Fsp3) is 1.00. The van der Waals surface area contributed by atoms with Gasteiger partial charge in [0.2, 0.25) is 0 Å². The van der Waals surface area contributed by atoms with Crippen LogP contribution in [0.3, 0.4) is 0 Å². The van der Waals surface area contributed by atoms with Crippen LogP contribution in [0.2, 0.25) is 0 Å². The molecule has 2 saturated heterocycles. The van der Waals surface area contributed by atoms with E-state index in [1.807, 2.05) is 0 Å². The molecular weight excluding hydrogens is 420 g/mol. The minimum Gasteiger partial charge on any atom is -0.394 e. The summed E-state index contributed by atoms with van der Waals surface area (Å²) in [7, 11) is 0. The third-order valence-corrected chi connectivity index (χ3v) is 6.13. The first-order valence-electron chi connectivity index (χ1n) is 10.2. The number of hydrogen-bond donors (Lipinski definition) is 10. The molecule has 0 radical (unpaired) electrons. The van der Waals surface area contributed by atoms with E-state index in [9.17, 15) is 30.6 Å². The molecule has 2 heterocycles. The molecule has 1 saturated carbocycles. The molecule has 0 aromatic heterocycles. The lowest BCUT2D eigenvalue weighted by molar-refractivity contribution is -0.306. The Kier molecular flexibility index (Phi) is 8.21. The van der Waals surface area contributed by atoms with Gasteiger partial charge in [-0.1, -0.05) is 0 Å². The number of hydrogen-bond acceptors (Lipinski definition) is 14. The number of aliphatic hydroxyl groups is 6. The molecule has 14 atom stereocenters. The molecule has 14 heteroatoms. The predicted molar refractivity (Wildman–Crippen MR) is 102 cm³/mol. The Morgan fingerprint density at radius 3 is 1.87 bits per heavy atom. The normalized spacial score (nSPS) is 53.6. The molecule has 182 valence electrons. The Labute approximate surface area is 178 Å². The first kappa shape index (κ1) is 25.1. The highest BCUT2D eigenvalue weighted by atomic mass is 16.7. The maximum atomic E-state index is 10.6. The van der Waals surface area contributed by atoms with Crippen molar-refractivity contribution >= 4 is 0 Å². The highest BCUT2D eigenvalue weighted by molar-refractivity contribution is 5.01. The summed E-state index contributed by atoms with van der Waals surface area (Å²) in [4.78, 5) is 0. The lowest BCUT2D eigenvalue weighted by atomic mass is 9.84. The van der Waals surface area contributed by atoms with Gasteiger partial charge in [-0.25, -0.2) is 0 Å². The molecule has 0 spiro atoms. The van der Waals surface area contributed by atoms with Crippen molar-refractivity contribution in [3.63, 3.8) is 0 Å². The van der Waals surface area contributed by atoms with Crippen molar-refractivity contribution in [2.75, 3.05) is 13.2 Å². The summed E-state index contributed by atoms with van der Waals surface area (Å²) >= 11 is 0. The van der Waals surface area contributed by atoms with Crippen LogP contribution in [0, 0.1) is 0 Å². The maximum absolute atomic E-state index is 10.6. The Hall–Kier alpha value is -0.560. The third kappa shape index (κ3) is 4.87. The Morgan fingerprint density at radius 2 is 1.29 bits per heavy atom. The Bertz CT molecular complexity index is 591. The van der Waals surface area contributed by atoms with Gasteiger partial charge >= 0.3 is 0 Å². The number of aliphatic hydroxyl groups excluding tert-OH is 6. The van der Waals surface area contributed by atoms with Crippen LogP contribution >= 0.6 is 0 Å². The molecule has 14 nitrogen and oxygen atoms in total. The first-order chi connectivity index (χ1) is 14.6. The Balaban J connectivity index is 1.78. The van der Waals surface area contributed by atoms with E-state index in [1.54, 1.807) is 0 Å². The summed E-state index contributed by atoms with van der Waals surface area (Å²) in [6.07, 6.45) is -13.8. The van der Waals surface area contributed by atoms with Crippen LogP contribution in [0.1, 0.15) is 6.42 Å². The van der Waals surface area contributed by atoms with E-state index in [-0.39, 0.29) is 13.0 Å². The highest BCUT2D eigenvalue weighted by Gasteiger charge is 2.52. The van der Waals surface area contributed by atoms with Crippen LogP contribution in [0.15, 0.2) is 0 Å². The van der Waals surface area contributed by atoms with Gasteiger partial charge in [0.1, 0.15) is 48.8 Å². The zero-order chi connectivity index (χ0) is 23.0. The molecule has 0 bridgehead atoms. The van der Waals surface area contributed by atoms with Crippen LogP contribution in [0.5, 0.6) is 0 Å². The quantitative estimate of drug-likeness (QED) is 0.179. The molecular formula is C17H34N4O10. The van der Waals surface area contributed by atoms with Crippen LogP contribution in [0.25, 0.3) is 0 Å². The van der Waals surface area contributed by atoms with Crippen LogP contribution in [-0.4, -0.2) is 129 Å².